The summed E-state index contributed by atoms with van der Waals surface area (Å²) in [6, 6.07) is -1.80. The van der Waals surface area contributed by atoms with Crippen molar-refractivity contribution in [2.75, 3.05) is 0 Å². The minimum absolute atomic E-state index is 0.00989. The summed E-state index contributed by atoms with van der Waals surface area (Å²) in [5, 5.41) is 11.1. The maximum absolute atomic E-state index is 11.1. The fourth-order valence-electron chi connectivity index (χ4n) is 3.00. The van der Waals surface area contributed by atoms with Crippen LogP contribution in [0.25, 0.3) is 0 Å². The lowest BCUT2D eigenvalue weighted by atomic mass is 9.68. The van der Waals surface area contributed by atoms with E-state index in [0.717, 1.165) is 0 Å². The first-order valence-electron chi connectivity index (χ1n) is 13.5. The molecule has 23 heavy (non-hydrogen) atoms. The van der Waals surface area contributed by atoms with Crippen LogP contribution in [0.5, 0.6) is 11.5 Å². The van der Waals surface area contributed by atoms with Gasteiger partial charge in [0, 0.05) is 28.3 Å². The second-order valence-corrected chi connectivity index (χ2v) is 6.43. The van der Waals surface area contributed by atoms with E-state index in [0.29, 0.717) is 12.8 Å². The molecule has 0 saturated carbocycles. The molecule has 1 aromatic rings. The van der Waals surface area contributed by atoms with Gasteiger partial charge in [-0.1, -0.05) is 31.4 Å². The largest absolute Gasteiger partial charge is 0.507 e. The molecule has 126 valence electrons. The van der Waals surface area contributed by atoms with Crippen molar-refractivity contribution in [2.45, 2.75) is 77.6 Å². The molecule has 1 aromatic carbocycles. The Hall–Kier alpha value is -1.44. The van der Waals surface area contributed by atoms with Crippen LogP contribution >= 0.6 is 0 Å². The maximum Gasteiger partial charge on any atom is 0.127 e. The van der Waals surface area contributed by atoms with Crippen LogP contribution in [-0.4, -0.2) is 10.7 Å². The zero-order valence-corrected chi connectivity index (χ0v) is 13.8. The molecule has 2 nitrogen and oxygen atoms in total. The van der Waals surface area contributed by atoms with E-state index in [1.807, 2.05) is 6.92 Å². The number of phenolic OH excluding ortho intramolecular Hbond substituents is 1. The summed E-state index contributed by atoms with van der Waals surface area (Å²) in [6.07, 6.45) is -4.22. The fraction of sp³-hybridized carbons (Fsp3) is 0.619. The number of phenols is 1. The van der Waals surface area contributed by atoms with Crippen LogP contribution < -0.4 is 4.74 Å². The first kappa shape index (κ1) is 7.63. The first-order valence-corrected chi connectivity index (χ1v) is 8.02. The fourth-order valence-corrected chi connectivity index (χ4v) is 3.00. The van der Waals surface area contributed by atoms with Crippen LogP contribution in [0.2, 0.25) is 0 Å². The smallest absolute Gasteiger partial charge is 0.127 e. The molecule has 0 amide bonds. The Kier molecular flexibility index (Phi) is 2.06. The number of benzene rings is 1. The molecule has 1 N–H and O–H groups in total. The summed E-state index contributed by atoms with van der Waals surface area (Å²) < 4.78 is 98.6. The highest BCUT2D eigenvalue weighted by molar-refractivity contribution is 5.53. The van der Waals surface area contributed by atoms with Gasteiger partial charge in [-0.2, -0.15) is 0 Å². The molecule has 1 aliphatic carbocycles. The van der Waals surface area contributed by atoms with Gasteiger partial charge in [0.1, 0.15) is 17.1 Å². The molecule has 2 aliphatic rings. The predicted octanol–water partition coefficient (Wildman–Crippen LogP) is 5.74. The Labute approximate surface area is 156 Å². The molecule has 2 heteroatoms. The summed E-state index contributed by atoms with van der Waals surface area (Å²) in [6.45, 7) is 1.84. The van der Waals surface area contributed by atoms with Crippen LogP contribution in [0.1, 0.15) is 91.8 Å². The minimum Gasteiger partial charge on any atom is -0.507 e. The van der Waals surface area contributed by atoms with Gasteiger partial charge in [-0.3, -0.25) is 0 Å². The molecule has 2 atom stereocenters. The van der Waals surface area contributed by atoms with Gasteiger partial charge in [0.25, 0.3) is 0 Å². The van der Waals surface area contributed by atoms with E-state index in [1.54, 1.807) is 0 Å². The van der Waals surface area contributed by atoms with Gasteiger partial charge in [-0.25, -0.2) is 0 Å². The summed E-state index contributed by atoms with van der Waals surface area (Å²) in [5.41, 5.74) is -2.96. The van der Waals surface area contributed by atoms with Crippen molar-refractivity contribution in [2.24, 2.45) is 5.89 Å². The monoisotopic (exact) mass is 325 g/mol. The Morgan fingerprint density at radius 2 is 2.35 bits per heavy atom. The minimum atomic E-state index is -2.82. The van der Waals surface area contributed by atoms with E-state index in [-0.39, 0.29) is 17.7 Å². The Morgan fingerprint density at radius 1 is 1.52 bits per heavy atom. The SMILES string of the molecule is [2H]C1=C(C([2H])([2H])[2H])CC([2H])([2H])[C@]2([2H])[C@@H]1c1c(O)c([2H])c(C([2H])([2H])CCCC)c([2H])c1OC2(C)C. The molecular weight excluding hydrogens is 284 g/mol. The molecule has 3 rings (SSSR count). The van der Waals surface area contributed by atoms with Crippen LogP contribution in [0, 0.1) is 5.89 Å². The molecule has 0 spiro atoms. The topological polar surface area (TPSA) is 29.5 Å². The van der Waals surface area contributed by atoms with Crippen molar-refractivity contribution in [1.82, 2.24) is 0 Å². The molecule has 1 aliphatic heterocycles. The average Bonchev–Trinajstić information content (AvgIpc) is 2.68. The quantitative estimate of drug-likeness (QED) is 0.716. The average molecular weight is 326 g/mol. The van der Waals surface area contributed by atoms with Crippen LogP contribution in [0.15, 0.2) is 23.7 Å². The van der Waals surface area contributed by atoms with Crippen molar-refractivity contribution in [3.63, 3.8) is 0 Å². The third-order valence-corrected chi connectivity index (χ3v) is 4.17. The Bertz CT molecular complexity index is 1040. The van der Waals surface area contributed by atoms with Gasteiger partial charge in [0.15, 0.2) is 0 Å². The summed E-state index contributed by atoms with van der Waals surface area (Å²) in [5.74, 6) is -5.10. The summed E-state index contributed by atoms with van der Waals surface area (Å²) in [4.78, 5) is 0. The van der Waals surface area contributed by atoms with Gasteiger partial charge in [-0.05, 0) is 63.9 Å². The molecule has 1 heterocycles. The number of allylic oxidation sites excluding steroid dienone is 2. The number of unbranched alkanes of at least 4 members (excludes halogenated alkanes) is 1. The molecule has 0 saturated heterocycles. The van der Waals surface area contributed by atoms with E-state index >= 15 is 0 Å². The first-order chi connectivity index (χ1) is 15.3. The third kappa shape index (κ3) is 3.13. The number of rotatable bonds is 4. The zero-order chi connectivity index (χ0) is 26.2. The van der Waals surface area contributed by atoms with Crippen molar-refractivity contribution in [3.8, 4) is 11.5 Å². The second kappa shape index (κ2) is 6.22. The van der Waals surface area contributed by atoms with Gasteiger partial charge in [0.2, 0.25) is 0 Å². The van der Waals surface area contributed by atoms with Crippen molar-refractivity contribution in [3.05, 3.63) is 34.8 Å². The summed E-state index contributed by atoms with van der Waals surface area (Å²) in [7, 11) is 0. The molecular formula is C21H30O2. The van der Waals surface area contributed by atoms with Gasteiger partial charge < -0.3 is 9.84 Å². The van der Waals surface area contributed by atoms with Crippen molar-refractivity contribution < 1.29 is 24.9 Å². The standard InChI is InChI=1S/C21H30O2/c1-5-6-7-8-15-12-18(22)20-16-11-14(2)9-10-17(16)21(3,4)23-19(20)13-15/h11-13,16-17,22H,5-10H2,1-4H3/t16-,17-/m1/s1/i2D3,8D2,10D2,11D,12D,13D,17D. The zero-order valence-electron chi connectivity index (χ0n) is 24.8. The number of ether oxygens (including phenoxy) is 1. The molecule has 0 radical (unpaired) electrons. The predicted molar refractivity (Wildman–Crippen MR) is 95.3 cm³/mol. The van der Waals surface area contributed by atoms with E-state index in [2.05, 4.69) is 0 Å². The molecule has 0 aromatic heterocycles. The lowest BCUT2D eigenvalue weighted by Gasteiger charge is -2.46. The molecule has 0 fully saturated rings. The second-order valence-electron chi connectivity index (χ2n) is 6.43. The number of hydrogen-bond acceptors (Lipinski definition) is 2. The van der Waals surface area contributed by atoms with Crippen LogP contribution in [0.3, 0.4) is 0 Å². The van der Waals surface area contributed by atoms with Gasteiger partial charge in [0.05, 0.1) is 4.11 Å². The number of aromatic hydroxyl groups is 1. The highest BCUT2D eigenvalue weighted by Gasteiger charge is 2.45. The molecule has 0 unspecified atom stereocenters. The summed E-state index contributed by atoms with van der Waals surface area (Å²) >= 11 is 0. The molecule has 0 bridgehead atoms. The Morgan fingerprint density at radius 3 is 3.09 bits per heavy atom. The normalized spacial score (nSPS) is 39.1. The number of hydrogen-bond donors (Lipinski definition) is 1. The van der Waals surface area contributed by atoms with E-state index < -0.39 is 78.5 Å². The Balaban J connectivity index is 2.45. The van der Waals surface area contributed by atoms with E-state index in [4.69, 9.17) is 18.4 Å². The van der Waals surface area contributed by atoms with Gasteiger partial charge >= 0.3 is 0 Å². The maximum atomic E-state index is 11.1. The lowest BCUT2D eigenvalue weighted by Crippen LogP contribution is -2.45. The lowest BCUT2D eigenvalue weighted by molar-refractivity contribution is 0.0107. The van der Waals surface area contributed by atoms with Crippen molar-refractivity contribution in [1.29, 1.82) is 0 Å². The van der Waals surface area contributed by atoms with Crippen LogP contribution in [0.4, 0.5) is 0 Å². The third-order valence-electron chi connectivity index (χ3n) is 4.17. The van der Waals surface area contributed by atoms with Crippen LogP contribution in [-0.2, 0) is 6.37 Å². The highest BCUT2D eigenvalue weighted by Crippen LogP contribution is 2.53. The number of fused-ring (bicyclic) bond motifs is 3. The van der Waals surface area contributed by atoms with Gasteiger partial charge in [-0.15, -0.1) is 0 Å². The van der Waals surface area contributed by atoms with E-state index in [9.17, 15) is 6.48 Å². The highest BCUT2D eigenvalue weighted by atomic mass is 16.5. The van der Waals surface area contributed by atoms with E-state index in [1.165, 1.54) is 13.8 Å². The van der Waals surface area contributed by atoms with Crippen molar-refractivity contribution >= 4 is 0 Å².